The van der Waals surface area contributed by atoms with Gasteiger partial charge in [-0.1, -0.05) is 37.3 Å². The number of hydrogen-bond donors (Lipinski definition) is 2. The molecule has 0 bridgehead atoms. The van der Waals surface area contributed by atoms with Crippen molar-refractivity contribution in [3.63, 3.8) is 0 Å². The molecule has 1 aromatic heterocycles. The molecule has 4 nitrogen and oxygen atoms in total. The van der Waals surface area contributed by atoms with E-state index in [1.165, 1.54) is 6.33 Å². The minimum atomic E-state index is -0.381. The summed E-state index contributed by atoms with van der Waals surface area (Å²) >= 11 is 0. The Bertz CT molecular complexity index is 642. The molecule has 1 aliphatic rings. The average Bonchev–Trinajstić information content (AvgIpc) is 2.52. The fourth-order valence-corrected chi connectivity index (χ4v) is 3.15. The van der Waals surface area contributed by atoms with Crippen molar-refractivity contribution in [2.24, 2.45) is 0 Å². The van der Waals surface area contributed by atoms with Gasteiger partial charge in [-0.05, 0) is 24.8 Å². The second-order valence-electron chi connectivity index (χ2n) is 5.90. The second kappa shape index (κ2) is 6.01. The zero-order chi connectivity index (χ0) is 15.6. The summed E-state index contributed by atoms with van der Waals surface area (Å²) in [4.78, 5) is 7.94. The lowest BCUT2D eigenvalue weighted by Crippen LogP contribution is -2.49. The largest absolute Gasteiger partial charge is 0.393 e. The average molecular weight is 301 g/mol. The van der Waals surface area contributed by atoms with Gasteiger partial charge in [0.15, 0.2) is 11.6 Å². The van der Waals surface area contributed by atoms with E-state index in [1.807, 2.05) is 25.1 Å². The van der Waals surface area contributed by atoms with Crippen molar-refractivity contribution in [2.75, 3.05) is 11.9 Å². The van der Waals surface area contributed by atoms with Crippen LogP contribution in [0.25, 0.3) is 0 Å². The molecule has 1 fully saturated rings. The number of aromatic nitrogens is 2. The van der Waals surface area contributed by atoms with E-state index in [4.69, 9.17) is 0 Å². The molecule has 0 spiro atoms. The fourth-order valence-electron chi connectivity index (χ4n) is 3.15. The number of aliphatic hydroxyl groups excluding tert-OH is 1. The van der Waals surface area contributed by atoms with Gasteiger partial charge in [-0.15, -0.1) is 0 Å². The summed E-state index contributed by atoms with van der Waals surface area (Å²) in [5.74, 6) is -0.142. The van der Waals surface area contributed by atoms with Crippen molar-refractivity contribution >= 4 is 5.82 Å². The van der Waals surface area contributed by atoms with Gasteiger partial charge in [0.2, 0.25) is 0 Å². The van der Waals surface area contributed by atoms with E-state index >= 15 is 0 Å². The van der Waals surface area contributed by atoms with E-state index in [2.05, 4.69) is 27.4 Å². The molecule has 5 heteroatoms. The van der Waals surface area contributed by atoms with Crippen LogP contribution in [0, 0.1) is 5.82 Å². The van der Waals surface area contributed by atoms with Crippen LogP contribution < -0.4 is 5.32 Å². The summed E-state index contributed by atoms with van der Waals surface area (Å²) in [6, 6.07) is 10.1. The number of halogens is 1. The van der Waals surface area contributed by atoms with E-state index in [9.17, 15) is 9.50 Å². The van der Waals surface area contributed by atoms with Crippen molar-refractivity contribution in [2.45, 2.75) is 37.7 Å². The van der Waals surface area contributed by atoms with Crippen LogP contribution in [0.4, 0.5) is 10.2 Å². The Morgan fingerprint density at radius 2 is 2.00 bits per heavy atom. The van der Waals surface area contributed by atoms with Crippen LogP contribution >= 0.6 is 0 Å². The fraction of sp³-hybridized carbons (Fsp3) is 0.412. The van der Waals surface area contributed by atoms with Crippen LogP contribution in [-0.2, 0) is 11.8 Å². The van der Waals surface area contributed by atoms with Crippen molar-refractivity contribution in [1.29, 1.82) is 0 Å². The predicted octanol–water partition coefficient (Wildman–Crippen LogP) is 2.68. The Morgan fingerprint density at radius 1 is 1.27 bits per heavy atom. The van der Waals surface area contributed by atoms with Gasteiger partial charge in [-0.25, -0.2) is 14.4 Å². The highest BCUT2D eigenvalue weighted by atomic mass is 19.1. The van der Waals surface area contributed by atoms with Crippen molar-refractivity contribution in [3.8, 4) is 0 Å². The summed E-state index contributed by atoms with van der Waals surface area (Å²) in [7, 11) is 0. The molecule has 0 aliphatic heterocycles. The van der Waals surface area contributed by atoms with Crippen LogP contribution in [0.3, 0.4) is 0 Å². The molecule has 0 saturated heterocycles. The molecule has 1 heterocycles. The van der Waals surface area contributed by atoms with Gasteiger partial charge in [0.1, 0.15) is 6.33 Å². The smallest absolute Gasteiger partial charge is 0.186 e. The number of anilines is 1. The van der Waals surface area contributed by atoms with Crippen molar-refractivity contribution in [3.05, 3.63) is 53.7 Å². The molecule has 0 atom stereocenters. The van der Waals surface area contributed by atoms with Gasteiger partial charge in [0, 0.05) is 12.0 Å². The Kier molecular flexibility index (Phi) is 4.07. The predicted molar refractivity (Wildman–Crippen MR) is 83.2 cm³/mol. The van der Waals surface area contributed by atoms with Gasteiger partial charge in [0.05, 0.1) is 11.8 Å². The Labute approximate surface area is 129 Å². The van der Waals surface area contributed by atoms with E-state index in [0.717, 1.165) is 5.56 Å². The van der Waals surface area contributed by atoms with Gasteiger partial charge in [-0.2, -0.15) is 0 Å². The molecular formula is C17H20FN3O. The Hall–Kier alpha value is -2.01. The number of nitrogens with zero attached hydrogens (tertiary/aromatic N) is 2. The first-order valence-corrected chi connectivity index (χ1v) is 7.61. The quantitative estimate of drug-likeness (QED) is 0.891. The van der Waals surface area contributed by atoms with E-state index in [0.29, 0.717) is 31.5 Å². The van der Waals surface area contributed by atoms with Gasteiger partial charge < -0.3 is 10.4 Å². The minimum absolute atomic E-state index is 0.162. The van der Waals surface area contributed by atoms with E-state index < -0.39 is 0 Å². The topological polar surface area (TPSA) is 58.0 Å². The monoisotopic (exact) mass is 301 g/mol. The molecule has 0 unspecified atom stereocenters. The zero-order valence-electron chi connectivity index (χ0n) is 12.6. The molecule has 0 radical (unpaired) electrons. The first kappa shape index (κ1) is 14.9. The summed E-state index contributed by atoms with van der Waals surface area (Å²) < 4.78 is 14.2. The zero-order valence-corrected chi connectivity index (χ0v) is 12.6. The van der Waals surface area contributed by atoms with Gasteiger partial charge >= 0.3 is 0 Å². The summed E-state index contributed by atoms with van der Waals surface area (Å²) in [5, 5.41) is 12.9. The van der Waals surface area contributed by atoms with Crippen molar-refractivity contribution < 1.29 is 9.50 Å². The molecule has 3 rings (SSSR count). The first-order chi connectivity index (χ1) is 10.6. The second-order valence-corrected chi connectivity index (χ2v) is 5.90. The standard InChI is InChI=1S/C17H20FN3O/c1-2-14-15(18)16(21-11-20-14)19-10-17(8-13(22)9-17)12-6-4-3-5-7-12/h3-7,11,13,22H,2,8-10H2,1H3,(H,19,20,21). The van der Waals surface area contributed by atoms with Crippen LogP contribution in [0.5, 0.6) is 0 Å². The molecule has 2 N–H and O–H groups in total. The summed E-state index contributed by atoms with van der Waals surface area (Å²) in [6.45, 7) is 2.41. The van der Waals surface area contributed by atoms with Crippen LogP contribution in [0.2, 0.25) is 0 Å². The lowest BCUT2D eigenvalue weighted by atomic mass is 9.62. The lowest BCUT2D eigenvalue weighted by Gasteiger charge is -2.46. The van der Waals surface area contributed by atoms with Crippen LogP contribution in [0.15, 0.2) is 36.7 Å². The van der Waals surface area contributed by atoms with Gasteiger partial charge in [0.25, 0.3) is 0 Å². The molecule has 0 amide bonds. The third-order valence-electron chi connectivity index (χ3n) is 4.43. The molecule has 2 aromatic rings. The number of benzene rings is 1. The SMILES string of the molecule is CCc1ncnc(NCC2(c3ccccc3)CC(O)C2)c1F. The highest BCUT2D eigenvalue weighted by Crippen LogP contribution is 2.44. The first-order valence-electron chi connectivity index (χ1n) is 7.61. The minimum Gasteiger partial charge on any atom is -0.393 e. The molecule has 22 heavy (non-hydrogen) atoms. The van der Waals surface area contributed by atoms with Gasteiger partial charge in [-0.3, -0.25) is 0 Å². The van der Waals surface area contributed by atoms with E-state index in [-0.39, 0.29) is 23.2 Å². The number of aliphatic hydroxyl groups is 1. The Morgan fingerprint density at radius 3 is 2.64 bits per heavy atom. The number of nitrogens with one attached hydrogen (secondary N) is 1. The maximum Gasteiger partial charge on any atom is 0.186 e. The van der Waals surface area contributed by atoms with E-state index in [1.54, 1.807) is 0 Å². The number of aryl methyl sites for hydroxylation is 1. The number of rotatable bonds is 5. The molecule has 1 aliphatic carbocycles. The third kappa shape index (κ3) is 2.68. The molecule has 1 aromatic carbocycles. The van der Waals surface area contributed by atoms with Crippen LogP contribution in [-0.4, -0.2) is 27.7 Å². The maximum absolute atomic E-state index is 14.2. The molecule has 116 valence electrons. The van der Waals surface area contributed by atoms with Crippen LogP contribution in [0.1, 0.15) is 31.0 Å². The lowest BCUT2D eigenvalue weighted by molar-refractivity contribution is 0.0242. The maximum atomic E-state index is 14.2. The normalized spacial score (nSPS) is 23.9. The highest BCUT2D eigenvalue weighted by Gasteiger charge is 2.44. The van der Waals surface area contributed by atoms with Crippen molar-refractivity contribution in [1.82, 2.24) is 9.97 Å². The highest BCUT2D eigenvalue weighted by molar-refractivity contribution is 5.40. The molecular weight excluding hydrogens is 281 g/mol. The summed E-state index contributed by atoms with van der Waals surface area (Å²) in [5.41, 5.74) is 1.42. The summed E-state index contributed by atoms with van der Waals surface area (Å²) in [6.07, 6.45) is 2.98. The Balaban J connectivity index is 1.79. The number of hydrogen-bond acceptors (Lipinski definition) is 4. The third-order valence-corrected chi connectivity index (χ3v) is 4.43. The molecule has 1 saturated carbocycles.